The van der Waals surface area contributed by atoms with Crippen molar-refractivity contribution in [3.63, 3.8) is 0 Å². The van der Waals surface area contributed by atoms with E-state index in [-0.39, 0.29) is 29.7 Å². The van der Waals surface area contributed by atoms with Gasteiger partial charge in [0.05, 0.1) is 12.3 Å². The molecule has 0 saturated carbocycles. The first-order chi connectivity index (χ1) is 12.5. The Morgan fingerprint density at radius 1 is 1.19 bits per heavy atom. The van der Waals surface area contributed by atoms with Crippen molar-refractivity contribution < 1.29 is 8.42 Å². The first-order valence-corrected chi connectivity index (χ1v) is 12.6. The van der Waals surface area contributed by atoms with Gasteiger partial charge in [-0.2, -0.15) is 11.8 Å². The number of guanidine groups is 1. The van der Waals surface area contributed by atoms with Crippen molar-refractivity contribution in [3.8, 4) is 0 Å². The van der Waals surface area contributed by atoms with E-state index in [2.05, 4.69) is 40.9 Å². The molecule has 2 aliphatic heterocycles. The van der Waals surface area contributed by atoms with E-state index in [9.17, 15) is 8.42 Å². The van der Waals surface area contributed by atoms with Gasteiger partial charge < -0.3 is 10.2 Å². The summed E-state index contributed by atoms with van der Waals surface area (Å²) in [5.41, 5.74) is 0. The number of likely N-dealkylation sites (N-methyl/N-ethyl adjacent to an activating group) is 1. The number of rotatable bonds is 8. The summed E-state index contributed by atoms with van der Waals surface area (Å²) in [4.78, 5) is 9.39. The predicted molar refractivity (Wildman–Crippen MR) is 127 cm³/mol. The van der Waals surface area contributed by atoms with Crippen LogP contribution in [0.15, 0.2) is 4.99 Å². The van der Waals surface area contributed by atoms with Crippen molar-refractivity contribution >= 4 is 51.7 Å². The summed E-state index contributed by atoms with van der Waals surface area (Å²) in [7, 11) is -3.19. The Labute approximate surface area is 186 Å². The number of hydrogen-bond donors (Lipinski definition) is 1. The van der Waals surface area contributed by atoms with E-state index in [0.717, 1.165) is 56.6 Å². The second-order valence-corrected chi connectivity index (χ2v) is 9.99. The number of thioether (sulfide) groups is 1. The molecule has 0 amide bonds. The minimum absolute atomic E-state index is 0. The molecular formula is C17H36IN5O2S2. The van der Waals surface area contributed by atoms with E-state index in [1.54, 1.807) is 4.31 Å². The quantitative estimate of drug-likeness (QED) is 0.289. The van der Waals surface area contributed by atoms with Crippen LogP contribution in [-0.4, -0.2) is 104 Å². The van der Waals surface area contributed by atoms with Gasteiger partial charge in [0.1, 0.15) is 0 Å². The fourth-order valence-corrected chi connectivity index (χ4v) is 6.07. The van der Waals surface area contributed by atoms with Crippen molar-refractivity contribution in [2.45, 2.75) is 33.2 Å². The van der Waals surface area contributed by atoms with Crippen molar-refractivity contribution in [1.29, 1.82) is 0 Å². The standard InChI is InChI=1S/C17H35N5O2S2.HI/c1-4-18-17(21-9-7-16(15-21)20(5-2)6-3)19-8-14-26(23,24)22-10-12-25-13-11-22;/h16H,4-15H2,1-3H3,(H,18,19);1H. The van der Waals surface area contributed by atoms with Crippen LogP contribution in [0.1, 0.15) is 27.2 Å². The topological polar surface area (TPSA) is 68.2 Å². The van der Waals surface area contributed by atoms with Crippen LogP contribution in [-0.2, 0) is 10.0 Å². The molecule has 2 saturated heterocycles. The van der Waals surface area contributed by atoms with Crippen LogP contribution in [0, 0.1) is 0 Å². The molecule has 2 fully saturated rings. The molecule has 0 aromatic heterocycles. The van der Waals surface area contributed by atoms with Gasteiger partial charge in [-0.05, 0) is 26.4 Å². The smallest absolute Gasteiger partial charge is 0.215 e. The Morgan fingerprint density at radius 2 is 1.85 bits per heavy atom. The number of halogens is 1. The number of nitrogens with zero attached hydrogens (tertiary/aromatic N) is 4. The van der Waals surface area contributed by atoms with Crippen LogP contribution in [0.3, 0.4) is 0 Å². The lowest BCUT2D eigenvalue weighted by Crippen LogP contribution is -2.44. The minimum atomic E-state index is -3.19. The van der Waals surface area contributed by atoms with E-state index in [1.165, 1.54) is 0 Å². The van der Waals surface area contributed by atoms with Crippen molar-refractivity contribution in [2.24, 2.45) is 4.99 Å². The molecule has 0 aliphatic carbocycles. The third-order valence-electron chi connectivity index (χ3n) is 5.10. The molecule has 2 heterocycles. The Hall–Kier alpha value is 0.220. The van der Waals surface area contributed by atoms with E-state index in [4.69, 9.17) is 0 Å². The number of likely N-dealkylation sites (tertiary alicyclic amines) is 1. The predicted octanol–water partition coefficient (Wildman–Crippen LogP) is 1.36. The van der Waals surface area contributed by atoms with Crippen LogP contribution < -0.4 is 5.32 Å². The zero-order chi connectivity index (χ0) is 19.0. The highest BCUT2D eigenvalue weighted by Gasteiger charge is 2.28. The summed E-state index contributed by atoms with van der Waals surface area (Å²) in [6, 6.07) is 0.559. The Kier molecular flexibility index (Phi) is 11.9. The molecule has 0 aromatic carbocycles. The van der Waals surface area contributed by atoms with Crippen molar-refractivity contribution in [3.05, 3.63) is 0 Å². The fraction of sp³-hybridized carbons (Fsp3) is 0.941. The van der Waals surface area contributed by atoms with Crippen LogP contribution >= 0.6 is 35.7 Å². The summed E-state index contributed by atoms with van der Waals surface area (Å²) >= 11 is 1.82. The van der Waals surface area contributed by atoms with Gasteiger partial charge in [0.25, 0.3) is 0 Å². The molecule has 1 atom stereocenters. The van der Waals surface area contributed by atoms with Gasteiger partial charge in [-0.25, -0.2) is 12.7 Å². The highest BCUT2D eigenvalue weighted by molar-refractivity contribution is 14.0. The van der Waals surface area contributed by atoms with Crippen molar-refractivity contribution in [1.82, 2.24) is 19.4 Å². The maximum atomic E-state index is 12.5. The molecule has 0 spiro atoms. The zero-order valence-electron chi connectivity index (χ0n) is 16.9. The molecule has 1 N–H and O–H groups in total. The van der Waals surface area contributed by atoms with Crippen LogP contribution in [0.2, 0.25) is 0 Å². The summed E-state index contributed by atoms with van der Waals surface area (Å²) in [5.74, 6) is 2.74. The minimum Gasteiger partial charge on any atom is -0.357 e. The Bertz CT molecular complexity index is 552. The average Bonchev–Trinajstić information content (AvgIpc) is 3.12. The lowest BCUT2D eigenvalue weighted by atomic mass is 10.2. The molecule has 27 heavy (non-hydrogen) atoms. The van der Waals surface area contributed by atoms with Crippen LogP contribution in [0.25, 0.3) is 0 Å². The second-order valence-electron chi connectivity index (χ2n) is 6.67. The lowest BCUT2D eigenvalue weighted by Gasteiger charge is -2.27. The molecule has 0 bridgehead atoms. The molecule has 2 rings (SSSR count). The normalized spacial score (nSPS) is 22.1. The highest BCUT2D eigenvalue weighted by atomic mass is 127. The summed E-state index contributed by atoms with van der Waals surface area (Å²) in [5, 5.41) is 3.33. The van der Waals surface area contributed by atoms with E-state index in [0.29, 0.717) is 25.7 Å². The summed E-state index contributed by atoms with van der Waals surface area (Å²) in [6.07, 6.45) is 1.13. The maximum absolute atomic E-state index is 12.5. The van der Waals surface area contributed by atoms with Gasteiger partial charge in [-0.3, -0.25) is 9.89 Å². The molecule has 0 radical (unpaired) electrons. The van der Waals surface area contributed by atoms with E-state index < -0.39 is 10.0 Å². The van der Waals surface area contributed by atoms with Gasteiger partial charge in [0, 0.05) is 50.3 Å². The van der Waals surface area contributed by atoms with Gasteiger partial charge in [-0.15, -0.1) is 24.0 Å². The largest absolute Gasteiger partial charge is 0.357 e. The molecule has 10 heteroatoms. The molecule has 1 unspecified atom stereocenters. The molecule has 160 valence electrons. The third kappa shape index (κ3) is 7.52. The zero-order valence-corrected chi connectivity index (χ0v) is 20.9. The number of aliphatic imine (C=N–C) groups is 1. The Balaban J connectivity index is 0.00000364. The van der Waals surface area contributed by atoms with Gasteiger partial charge in [0.2, 0.25) is 10.0 Å². The Morgan fingerprint density at radius 3 is 2.44 bits per heavy atom. The number of hydrogen-bond acceptors (Lipinski definition) is 5. The third-order valence-corrected chi connectivity index (χ3v) is 7.89. The summed E-state index contributed by atoms with van der Waals surface area (Å²) < 4.78 is 26.6. The van der Waals surface area contributed by atoms with Crippen LogP contribution in [0.4, 0.5) is 0 Å². The molecule has 2 aliphatic rings. The van der Waals surface area contributed by atoms with Gasteiger partial charge in [0.15, 0.2) is 5.96 Å². The average molecular weight is 534 g/mol. The van der Waals surface area contributed by atoms with Gasteiger partial charge in [-0.1, -0.05) is 13.8 Å². The van der Waals surface area contributed by atoms with E-state index in [1.807, 2.05) is 11.8 Å². The monoisotopic (exact) mass is 533 g/mol. The number of sulfonamides is 1. The molecule has 0 aromatic rings. The van der Waals surface area contributed by atoms with Crippen molar-refractivity contribution in [2.75, 3.05) is 69.6 Å². The number of nitrogens with one attached hydrogen (secondary N) is 1. The molecule has 7 nitrogen and oxygen atoms in total. The second kappa shape index (κ2) is 12.7. The maximum Gasteiger partial charge on any atom is 0.215 e. The molecular weight excluding hydrogens is 497 g/mol. The van der Waals surface area contributed by atoms with Crippen LogP contribution in [0.5, 0.6) is 0 Å². The lowest BCUT2D eigenvalue weighted by molar-refractivity contribution is 0.223. The summed E-state index contributed by atoms with van der Waals surface area (Å²) in [6.45, 7) is 12.9. The fourth-order valence-electron chi connectivity index (χ4n) is 3.62. The first-order valence-electron chi connectivity index (χ1n) is 9.84. The SMILES string of the molecule is CCNC(=NCCS(=O)(=O)N1CCSCC1)N1CCC(N(CC)CC)C1.I. The van der Waals surface area contributed by atoms with Gasteiger partial charge >= 0.3 is 0 Å². The highest BCUT2D eigenvalue weighted by Crippen LogP contribution is 2.16. The first kappa shape index (κ1) is 25.3. The van der Waals surface area contributed by atoms with E-state index >= 15 is 0 Å².